The molecule has 0 fully saturated rings. The fourth-order valence-corrected chi connectivity index (χ4v) is 2.76. The van der Waals surface area contributed by atoms with Gasteiger partial charge in [-0.05, 0) is 24.3 Å². The molecule has 2 rings (SSSR count). The molecule has 5 nitrogen and oxygen atoms in total. The van der Waals surface area contributed by atoms with E-state index in [9.17, 15) is 4.79 Å². The minimum absolute atomic E-state index is 0.0539. The van der Waals surface area contributed by atoms with Gasteiger partial charge in [-0.15, -0.1) is 0 Å². The van der Waals surface area contributed by atoms with Crippen LogP contribution in [0.4, 0.5) is 0 Å². The van der Waals surface area contributed by atoms with Crippen LogP contribution in [0.15, 0.2) is 24.3 Å². The highest BCUT2D eigenvalue weighted by Gasteiger charge is 2.05. The molecule has 0 aliphatic rings. The van der Waals surface area contributed by atoms with E-state index in [1.165, 1.54) is 0 Å². The zero-order valence-corrected chi connectivity index (χ0v) is 12.8. The number of nitrogens with zero attached hydrogens (tertiary/aromatic N) is 1. The average Bonchev–Trinajstić information content (AvgIpc) is 2.91. The predicted molar refractivity (Wildman–Crippen MR) is 86.5 cm³/mol. The van der Waals surface area contributed by atoms with E-state index in [0.717, 1.165) is 34.8 Å². The first-order chi connectivity index (χ1) is 10.3. The van der Waals surface area contributed by atoms with Crippen LogP contribution in [-0.4, -0.2) is 45.6 Å². The second kappa shape index (κ2) is 8.69. The maximum atomic E-state index is 11.7. The number of fused-ring (bicyclic) bond motifs is 1. The van der Waals surface area contributed by atoms with Crippen LogP contribution in [-0.2, 0) is 11.2 Å². The van der Waals surface area contributed by atoms with Crippen molar-refractivity contribution in [3.63, 3.8) is 0 Å². The van der Waals surface area contributed by atoms with E-state index in [4.69, 9.17) is 5.11 Å². The van der Waals surface area contributed by atoms with Crippen molar-refractivity contribution in [2.75, 3.05) is 24.7 Å². The van der Waals surface area contributed by atoms with Crippen molar-refractivity contribution in [2.24, 2.45) is 0 Å². The van der Waals surface area contributed by atoms with Crippen molar-refractivity contribution in [1.29, 1.82) is 0 Å². The molecule has 0 bridgehead atoms. The lowest BCUT2D eigenvalue weighted by Crippen LogP contribution is -2.26. The summed E-state index contributed by atoms with van der Waals surface area (Å²) in [6, 6.07) is 7.86. The van der Waals surface area contributed by atoms with Crippen LogP contribution in [0.25, 0.3) is 11.0 Å². The van der Waals surface area contributed by atoms with Gasteiger partial charge >= 0.3 is 0 Å². The lowest BCUT2D eigenvalue weighted by Gasteiger charge is -2.04. The van der Waals surface area contributed by atoms with Crippen LogP contribution < -0.4 is 5.32 Å². The van der Waals surface area contributed by atoms with Gasteiger partial charge in [0, 0.05) is 31.7 Å². The second-order valence-corrected chi connectivity index (χ2v) is 5.96. The SMILES string of the molecule is O=C(CCc1nc2ccccc2[nH]1)NCCSCCCO. The normalized spacial score (nSPS) is 10.9. The summed E-state index contributed by atoms with van der Waals surface area (Å²) < 4.78 is 0. The number of carbonyl (C=O) groups is 1. The highest BCUT2D eigenvalue weighted by molar-refractivity contribution is 7.99. The molecule has 3 N–H and O–H groups in total. The van der Waals surface area contributed by atoms with Crippen LogP contribution >= 0.6 is 11.8 Å². The Balaban J connectivity index is 1.64. The van der Waals surface area contributed by atoms with Gasteiger partial charge in [-0.3, -0.25) is 4.79 Å². The highest BCUT2D eigenvalue weighted by Crippen LogP contribution is 2.11. The van der Waals surface area contributed by atoms with Gasteiger partial charge in [0.15, 0.2) is 0 Å². The molecule has 21 heavy (non-hydrogen) atoms. The van der Waals surface area contributed by atoms with E-state index in [1.54, 1.807) is 11.8 Å². The number of aromatic nitrogens is 2. The molecule has 2 aromatic rings. The first-order valence-corrected chi connectivity index (χ1v) is 8.34. The van der Waals surface area contributed by atoms with E-state index < -0.39 is 0 Å². The number of aliphatic hydroxyl groups excluding tert-OH is 1. The molecule has 0 radical (unpaired) electrons. The van der Waals surface area contributed by atoms with E-state index in [2.05, 4.69) is 15.3 Å². The molecule has 1 heterocycles. The Kier molecular flexibility index (Phi) is 6.56. The number of amides is 1. The van der Waals surface area contributed by atoms with Crippen LogP contribution in [0.2, 0.25) is 0 Å². The lowest BCUT2D eigenvalue weighted by molar-refractivity contribution is -0.120. The zero-order chi connectivity index (χ0) is 14.9. The summed E-state index contributed by atoms with van der Waals surface area (Å²) >= 11 is 1.74. The first-order valence-electron chi connectivity index (χ1n) is 7.18. The minimum Gasteiger partial charge on any atom is -0.396 e. The van der Waals surface area contributed by atoms with Gasteiger partial charge in [-0.1, -0.05) is 12.1 Å². The fraction of sp³-hybridized carbons (Fsp3) is 0.467. The summed E-state index contributed by atoms with van der Waals surface area (Å²) in [6.45, 7) is 0.909. The molecule has 1 aromatic heterocycles. The Morgan fingerprint density at radius 3 is 3.00 bits per heavy atom. The van der Waals surface area contributed by atoms with E-state index in [0.29, 0.717) is 19.4 Å². The Hall–Kier alpha value is -1.53. The topological polar surface area (TPSA) is 78.0 Å². The lowest BCUT2D eigenvalue weighted by atomic mass is 10.3. The summed E-state index contributed by atoms with van der Waals surface area (Å²) in [5.74, 6) is 2.73. The van der Waals surface area contributed by atoms with E-state index >= 15 is 0 Å². The fourth-order valence-electron chi connectivity index (χ4n) is 1.98. The van der Waals surface area contributed by atoms with Crippen molar-refractivity contribution in [2.45, 2.75) is 19.3 Å². The molecule has 0 saturated heterocycles. The van der Waals surface area contributed by atoms with Crippen molar-refractivity contribution in [3.8, 4) is 0 Å². The quantitative estimate of drug-likeness (QED) is 0.617. The van der Waals surface area contributed by atoms with Crippen LogP contribution in [0.3, 0.4) is 0 Å². The summed E-state index contributed by atoms with van der Waals surface area (Å²) in [4.78, 5) is 19.4. The molecular weight excluding hydrogens is 286 g/mol. The number of hydrogen-bond acceptors (Lipinski definition) is 4. The van der Waals surface area contributed by atoms with Crippen molar-refractivity contribution in [1.82, 2.24) is 15.3 Å². The Bertz CT molecular complexity index is 538. The Morgan fingerprint density at radius 1 is 1.33 bits per heavy atom. The third-order valence-electron chi connectivity index (χ3n) is 3.04. The number of benzene rings is 1. The van der Waals surface area contributed by atoms with E-state index in [1.807, 2.05) is 24.3 Å². The van der Waals surface area contributed by atoms with Gasteiger partial charge in [-0.2, -0.15) is 11.8 Å². The molecule has 1 amide bonds. The smallest absolute Gasteiger partial charge is 0.220 e. The van der Waals surface area contributed by atoms with Gasteiger partial charge in [-0.25, -0.2) is 4.98 Å². The highest BCUT2D eigenvalue weighted by atomic mass is 32.2. The van der Waals surface area contributed by atoms with Gasteiger partial charge in [0.2, 0.25) is 5.91 Å². The van der Waals surface area contributed by atoms with Crippen LogP contribution in [0.1, 0.15) is 18.7 Å². The molecule has 0 aliphatic heterocycles. The average molecular weight is 307 g/mol. The molecule has 0 saturated carbocycles. The van der Waals surface area contributed by atoms with Crippen LogP contribution in [0, 0.1) is 0 Å². The number of para-hydroxylation sites is 2. The summed E-state index contributed by atoms with van der Waals surface area (Å²) in [5.41, 5.74) is 1.95. The van der Waals surface area contributed by atoms with Gasteiger partial charge in [0.05, 0.1) is 11.0 Å². The molecule has 0 unspecified atom stereocenters. The van der Waals surface area contributed by atoms with Gasteiger partial charge < -0.3 is 15.4 Å². The largest absolute Gasteiger partial charge is 0.396 e. The molecule has 0 aliphatic carbocycles. The first kappa shape index (κ1) is 15.9. The van der Waals surface area contributed by atoms with Crippen molar-refractivity contribution in [3.05, 3.63) is 30.1 Å². The van der Waals surface area contributed by atoms with Gasteiger partial charge in [0.1, 0.15) is 5.82 Å². The monoisotopic (exact) mass is 307 g/mol. The molecule has 0 spiro atoms. The zero-order valence-electron chi connectivity index (χ0n) is 12.0. The number of aliphatic hydroxyl groups is 1. The third-order valence-corrected chi connectivity index (χ3v) is 4.11. The third kappa shape index (κ3) is 5.40. The maximum absolute atomic E-state index is 11.7. The summed E-state index contributed by atoms with van der Waals surface area (Å²) in [5, 5.41) is 11.5. The number of nitrogens with one attached hydrogen (secondary N) is 2. The second-order valence-electron chi connectivity index (χ2n) is 4.74. The molecule has 1 aromatic carbocycles. The summed E-state index contributed by atoms with van der Waals surface area (Å²) in [6.07, 6.45) is 1.88. The standard InChI is InChI=1S/C15H21N3O2S/c19-9-3-10-21-11-8-16-15(20)7-6-14-17-12-4-1-2-5-13(12)18-14/h1-2,4-5,19H,3,6-11H2,(H,16,20)(H,17,18). The van der Waals surface area contributed by atoms with Crippen molar-refractivity contribution >= 4 is 28.7 Å². The number of carbonyl (C=O) groups excluding carboxylic acids is 1. The Labute approximate surface area is 128 Å². The Morgan fingerprint density at radius 2 is 2.19 bits per heavy atom. The molecule has 114 valence electrons. The number of aromatic amines is 1. The molecule has 6 heteroatoms. The van der Waals surface area contributed by atoms with Gasteiger partial charge in [0.25, 0.3) is 0 Å². The number of aryl methyl sites for hydroxylation is 1. The molecule has 0 atom stereocenters. The minimum atomic E-state index is 0.0539. The maximum Gasteiger partial charge on any atom is 0.220 e. The molecular formula is C15H21N3O2S. The predicted octanol–water partition coefficient (Wildman–Crippen LogP) is 1.73. The number of rotatable bonds is 9. The number of imidazole rings is 1. The number of thioether (sulfide) groups is 1. The van der Waals surface area contributed by atoms with Crippen molar-refractivity contribution < 1.29 is 9.90 Å². The number of H-pyrrole nitrogens is 1. The summed E-state index contributed by atoms with van der Waals surface area (Å²) in [7, 11) is 0. The van der Waals surface area contributed by atoms with E-state index in [-0.39, 0.29) is 12.5 Å². The number of hydrogen-bond donors (Lipinski definition) is 3. The van der Waals surface area contributed by atoms with Crippen LogP contribution in [0.5, 0.6) is 0 Å².